The van der Waals surface area contributed by atoms with Crippen LogP contribution in [0.2, 0.25) is 5.28 Å². The molecule has 0 amide bonds. The smallest absolute Gasteiger partial charge is 0.225 e. The van der Waals surface area contributed by atoms with Gasteiger partial charge in [0.1, 0.15) is 5.82 Å². The van der Waals surface area contributed by atoms with Crippen LogP contribution in [0.5, 0.6) is 5.88 Å². The van der Waals surface area contributed by atoms with Gasteiger partial charge < -0.3 is 4.74 Å². The Balaban J connectivity index is 2.19. The van der Waals surface area contributed by atoms with Gasteiger partial charge in [0.25, 0.3) is 0 Å². The molecule has 2 aromatic rings. The second kappa shape index (κ2) is 5.82. The number of hydrogen-bond acceptors (Lipinski definition) is 4. The fourth-order valence-corrected chi connectivity index (χ4v) is 1.88. The first-order chi connectivity index (χ1) is 8.74. The number of hydrogen-bond donors (Lipinski definition) is 0. The highest BCUT2D eigenvalue weighted by Gasteiger charge is 2.10. The van der Waals surface area contributed by atoms with Crippen LogP contribution in [0, 0.1) is 0 Å². The van der Waals surface area contributed by atoms with Crippen molar-refractivity contribution in [2.24, 2.45) is 0 Å². The maximum absolute atomic E-state index is 6.03. The SMILES string of the molecule is CCCc1nnc(Cl)n1Cc1ccc(OC)nc1. The fourth-order valence-electron chi connectivity index (χ4n) is 1.69. The summed E-state index contributed by atoms with van der Waals surface area (Å²) in [5, 5.41) is 8.38. The summed E-state index contributed by atoms with van der Waals surface area (Å²) >= 11 is 6.03. The number of rotatable bonds is 5. The Labute approximate surface area is 111 Å². The Hall–Kier alpha value is -1.62. The monoisotopic (exact) mass is 266 g/mol. The molecule has 0 fully saturated rings. The van der Waals surface area contributed by atoms with Gasteiger partial charge in [0.15, 0.2) is 0 Å². The van der Waals surface area contributed by atoms with Crippen molar-refractivity contribution in [1.29, 1.82) is 0 Å². The van der Waals surface area contributed by atoms with Crippen LogP contribution in [0.1, 0.15) is 24.7 Å². The number of pyridine rings is 1. The molecule has 18 heavy (non-hydrogen) atoms. The molecule has 2 heterocycles. The van der Waals surface area contributed by atoms with Gasteiger partial charge in [0.2, 0.25) is 11.2 Å². The van der Waals surface area contributed by atoms with Gasteiger partial charge in [-0.25, -0.2) is 4.98 Å². The molecule has 0 aliphatic heterocycles. The van der Waals surface area contributed by atoms with Crippen LogP contribution in [0.25, 0.3) is 0 Å². The Morgan fingerprint density at radius 1 is 1.33 bits per heavy atom. The highest BCUT2D eigenvalue weighted by atomic mass is 35.5. The molecule has 0 saturated heterocycles. The van der Waals surface area contributed by atoms with E-state index in [-0.39, 0.29) is 0 Å². The molecule has 2 rings (SSSR count). The zero-order valence-electron chi connectivity index (χ0n) is 10.4. The van der Waals surface area contributed by atoms with Crippen molar-refractivity contribution in [3.05, 3.63) is 35.0 Å². The van der Waals surface area contributed by atoms with Gasteiger partial charge in [-0.05, 0) is 23.6 Å². The van der Waals surface area contributed by atoms with Crippen molar-refractivity contribution in [1.82, 2.24) is 19.7 Å². The van der Waals surface area contributed by atoms with Gasteiger partial charge in [0.05, 0.1) is 13.7 Å². The highest BCUT2D eigenvalue weighted by Crippen LogP contribution is 2.14. The molecule has 0 bridgehead atoms. The van der Waals surface area contributed by atoms with Crippen LogP contribution in [0.4, 0.5) is 0 Å². The number of aromatic nitrogens is 4. The fraction of sp³-hybridized carbons (Fsp3) is 0.417. The van der Waals surface area contributed by atoms with Gasteiger partial charge >= 0.3 is 0 Å². The summed E-state index contributed by atoms with van der Waals surface area (Å²) in [6, 6.07) is 3.78. The Kier molecular flexibility index (Phi) is 4.15. The summed E-state index contributed by atoms with van der Waals surface area (Å²) in [4.78, 5) is 4.16. The molecule has 6 heteroatoms. The number of ether oxygens (including phenoxy) is 1. The van der Waals surface area contributed by atoms with E-state index in [1.165, 1.54) is 0 Å². The van der Waals surface area contributed by atoms with Crippen molar-refractivity contribution in [2.45, 2.75) is 26.3 Å². The van der Waals surface area contributed by atoms with E-state index in [1.807, 2.05) is 16.7 Å². The second-order valence-electron chi connectivity index (χ2n) is 3.93. The number of nitrogens with zero attached hydrogens (tertiary/aromatic N) is 4. The lowest BCUT2D eigenvalue weighted by Crippen LogP contribution is -2.05. The van der Waals surface area contributed by atoms with Crippen molar-refractivity contribution in [3.8, 4) is 5.88 Å². The number of halogens is 1. The molecule has 0 saturated carbocycles. The minimum atomic E-state index is 0.411. The Morgan fingerprint density at radius 3 is 2.78 bits per heavy atom. The Morgan fingerprint density at radius 2 is 2.17 bits per heavy atom. The molecule has 0 radical (unpaired) electrons. The van der Waals surface area contributed by atoms with Crippen molar-refractivity contribution < 1.29 is 4.74 Å². The Bertz CT molecular complexity index is 509. The van der Waals surface area contributed by atoms with Crippen LogP contribution in [-0.2, 0) is 13.0 Å². The lowest BCUT2D eigenvalue weighted by molar-refractivity contribution is 0.397. The molecular formula is C12H15ClN4O. The molecule has 0 aliphatic carbocycles. The maximum atomic E-state index is 6.03. The zero-order valence-corrected chi connectivity index (χ0v) is 11.2. The zero-order chi connectivity index (χ0) is 13.0. The summed E-state index contributed by atoms with van der Waals surface area (Å²) in [5.41, 5.74) is 1.04. The highest BCUT2D eigenvalue weighted by molar-refractivity contribution is 6.28. The van der Waals surface area contributed by atoms with Crippen LogP contribution in [0.15, 0.2) is 18.3 Å². The molecule has 0 aromatic carbocycles. The van der Waals surface area contributed by atoms with E-state index in [9.17, 15) is 0 Å². The molecular weight excluding hydrogens is 252 g/mol. The molecule has 5 nitrogen and oxygen atoms in total. The average Bonchev–Trinajstić information content (AvgIpc) is 2.73. The first-order valence-corrected chi connectivity index (χ1v) is 6.19. The predicted molar refractivity (Wildman–Crippen MR) is 68.9 cm³/mol. The van der Waals surface area contributed by atoms with E-state index < -0.39 is 0 Å². The first kappa shape index (κ1) is 12.8. The van der Waals surface area contributed by atoms with Gasteiger partial charge in [-0.3, -0.25) is 4.57 Å². The number of aryl methyl sites for hydroxylation is 1. The third-order valence-electron chi connectivity index (χ3n) is 2.60. The maximum Gasteiger partial charge on any atom is 0.225 e. The largest absolute Gasteiger partial charge is 0.481 e. The van der Waals surface area contributed by atoms with Crippen LogP contribution in [0.3, 0.4) is 0 Å². The molecule has 0 unspecified atom stereocenters. The topological polar surface area (TPSA) is 52.8 Å². The summed E-state index contributed by atoms with van der Waals surface area (Å²) in [6.07, 6.45) is 3.64. The standard InChI is InChI=1S/C12H15ClN4O/c1-3-4-10-15-16-12(13)17(10)8-9-5-6-11(18-2)14-7-9/h5-7H,3-4,8H2,1-2H3. The van der Waals surface area contributed by atoms with E-state index in [2.05, 4.69) is 22.1 Å². The van der Waals surface area contributed by atoms with E-state index >= 15 is 0 Å². The molecule has 96 valence electrons. The summed E-state index contributed by atoms with van der Waals surface area (Å²) in [5.74, 6) is 1.50. The molecule has 0 spiro atoms. The molecule has 0 atom stereocenters. The lowest BCUT2D eigenvalue weighted by Gasteiger charge is -2.07. The van der Waals surface area contributed by atoms with Crippen LogP contribution < -0.4 is 4.74 Å². The normalized spacial score (nSPS) is 10.6. The molecule has 0 aliphatic rings. The van der Waals surface area contributed by atoms with Crippen LogP contribution >= 0.6 is 11.6 Å². The summed E-state index contributed by atoms with van der Waals surface area (Å²) < 4.78 is 6.92. The molecule has 0 N–H and O–H groups in total. The minimum Gasteiger partial charge on any atom is -0.481 e. The third-order valence-corrected chi connectivity index (χ3v) is 2.88. The average molecular weight is 267 g/mol. The van der Waals surface area contributed by atoms with E-state index in [0.717, 1.165) is 24.2 Å². The quantitative estimate of drug-likeness (QED) is 0.834. The predicted octanol–water partition coefficient (Wildman–Crippen LogP) is 2.34. The van der Waals surface area contributed by atoms with Gasteiger partial charge in [-0.15, -0.1) is 10.2 Å². The van der Waals surface area contributed by atoms with Crippen molar-refractivity contribution in [2.75, 3.05) is 7.11 Å². The summed E-state index contributed by atoms with van der Waals surface area (Å²) in [6.45, 7) is 2.72. The summed E-state index contributed by atoms with van der Waals surface area (Å²) in [7, 11) is 1.60. The van der Waals surface area contributed by atoms with Crippen molar-refractivity contribution in [3.63, 3.8) is 0 Å². The first-order valence-electron chi connectivity index (χ1n) is 5.81. The van der Waals surface area contributed by atoms with Crippen molar-refractivity contribution >= 4 is 11.6 Å². The van der Waals surface area contributed by atoms with E-state index in [0.29, 0.717) is 17.7 Å². The van der Waals surface area contributed by atoms with Crippen LogP contribution in [-0.4, -0.2) is 26.9 Å². The third kappa shape index (κ3) is 2.79. The van der Waals surface area contributed by atoms with E-state index in [1.54, 1.807) is 13.3 Å². The molecule has 2 aromatic heterocycles. The second-order valence-corrected chi connectivity index (χ2v) is 4.27. The number of methoxy groups -OCH3 is 1. The van der Waals surface area contributed by atoms with Gasteiger partial charge in [-0.1, -0.05) is 13.0 Å². The van der Waals surface area contributed by atoms with E-state index in [4.69, 9.17) is 16.3 Å². The lowest BCUT2D eigenvalue weighted by atomic mass is 10.2. The van der Waals surface area contributed by atoms with Gasteiger partial charge in [-0.2, -0.15) is 0 Å². The van der Waals surface area contributed by atoms with Gasteiger partial charge in [0, 0.05) is 18.7 Å². The minimum absolute atomic E-state index is 0.411.